The number of amides is 3. The van der Waals surface area contributed by atoms with Crippen LogP contribution in [0.4, 0.5) is 0 Å². The van der Waals surface area contributed by atoms with Gasteiger partial charge in [-0.05, 0) is 37.8 Å². The lowest BCUT2D eigenvalue weighted by Gasteiger charge is -2.31. The third kappa shape index (κ3) is 4.31. The average Bonchev–Trinajstić information content (AvgIpc) is 2.93. The van der Waals surface area contributed by atoms with Crippen LogP contribution >= 0.6 is 11.3 Å². The molecule has 126 valence electrons. The molecule has 1 fully saturated rings. The molecule has 2 rings (SSSR count). The summed E-state index contributed by atoms with van der Waals surface area (Å²) in [5, 5.41) is 0. The SMILES string of the molecule is CCc1sc(C(=O)NNC(=O)[C@@H]2CCCN(C(C)=O)C2)cc1C. The molecule has 0 aromatic carbocycles. The van der Waals surface area contributed by atoms with Gasteiger partial charge in [-0.2, -0.15) is 0 Å². The zero-order chi connectivity index (χ0) is 17.0. The molecular weight excluding hydrogens is 314 g/mol. The van der Waals surface area contributed by atoms with E-state index >= 15 is 0 Å². The monoisotopic (exact) mass is 337 g/mol. The van der Waals surface area contributed by atoms with Crippen molar-refractivity contribution in [1.29, 1.82) is 0 Å². The summed E-state index contributed by atoms with van der Waals surface area (Å²) in [5.41, 5.74) is 6.06. The molecule has 1 aromatic rings. The molecule has 1 saturated heterocycles. The number of piperidine rings is 1. The van der Waals surface area contributed by atoms with Crippen molar-refractivity contribution in [2.75, 3.05) is 13.1 Å². The number of carbonyl (C=O) groups excluding carboxylic acids is 3. The molecule has 0 bridgehead atoms. The quantitative estimate of drug-likeness (QED) is 0.823. The summed E-state index contributed by atoms with van der Waals surface area (Å²) >= 11 is 1.44. The van der Waals surface area contributed by atoms with Gasteiger partial charge < -0.3 is 4.90 Å². The van der Waals surface area contributed by atoms with Crippen LogP contribution in [0.25, 0.3) is 0 Å². The lowest BCUT2D eigenvalue weighted by Crippen LogP contribution is -2.49. The fraction of sp³-hybridized carbons (Fsp3) is 0.562. The van der Waals surface area contributed by atoms with Gasteiger partial charge in [0.25, 0.3) is 5.91 Å². The minimum atomic E-state index is -0.301. The van der Waals surface area contributed by atoms with E-state index in [1.54, 1.807) is 4.90 Å². The second kappa shape index (κ2) is 7.59. The summed E-state index contributed by atoms with van der Waals surface area (Å²) in [5.74, 6) is -0.837. The number of likely N-dealkylation sites (tertiary alicyclic amines) is 1. The highest BCUT2D eigenvalue weighted by molar-refractivity contribution is 7.14. The molecule has 3 amide bonds. The number of hydrogen-bond acceptors (Lipinski definition) is 4. The third-order valence-electron chi connectivity index (χ3n) is 4.10. The summed E-state index contributed by atoms with van der Waals surface area (Å²) in [7, 11) is 0. The van der Waals surface area contributed by atoms with Crippen molar-refractivity contribution in [3.05, 3.63) is 21.4 Å². The normalized spacial score (nSPS) is 17.7. The van der Waals surface area contributed by atoms with Gasteiger partial charge in [-0.15, -0.1) is 11.3 Å². The van der Waals surface area contributed by atoms with Gasteiger partial charge in [0.05, 0.1) is 10.8 Å². The maximum Gasteiger partial charge on any atom is 0.279 e. The lowest BCUT2D eigenvalue weighted by atomic mass is 9.97. The molecule has 23 heavy (non-hydrogen) atoms. The van der Waals surface area contributed by atoms with Crippen LogP contribution < -0.4 is 10.9 Å². The molecule has 1 atom stereocenters. The van der Waals surface area contributed by atoms with Gasteiger partial charge in [0, 0.05) is 24.9 Å². The number of carbonyl (C=O) groups is 3. The predicted octanol–water partition coefficient (Wildman–Crippen LogP) is 1.64. The Hall–Kier alpha value is -1.89. The summed E-state index contributed by atoms with van der Waals surface area (Å²) in [6.07, 6.45) is 2.41. The fourth-order valence-electron chi connectivity index (χ4n) is 2.74. The maximum absolute atomic E-state index is 12.2. The zero-order valence-corrected chi connectivity index (χ0v) is 14.6. The van der Waals surface area contributed by atoms with Crippen molar-refractivity contribution in [2.45, 2.75) is 40.0 Å². The van der Waals surface area contributed by atoms with E-state index in [-0.39, 0.29) is 23.6 Å². The molecular formula is C16H23N3O3S. The number of aryl methyl sites for hydroxylation is 2. The lowest BCUT2D eigenvalue weighted by molar-refractivity contribution is -0.134. The topological polar surface area (TPSA) is 78.5 Å². The number of hydrazine groups is 1. The molecule has 0 saturated carbocycles. The third-order valence-corrected chi connectivity index (χ3v) is 5.48. The Morgan fingerprint density at radius 1 is 1.35 bits per heavy atom. The van der Waals surface area contributed by atoms with Crippen LogP contribution in [0.1, 0.15) is 46.8 Å². The molecule has 2 heterocycles. The highest BCUT2D eigenvalue weighted by Gasteiger charge is 2.27. The second-order valence-corrected chi connectivity index (χ2v) is 6.95. The molecule has 2 N–H and O–H groups in total. The predicted molar refractivity (Wildman–Crippen MR) is 89.0 cm³/mol. The Bertz CT molecular complexity index is 612. The number of nitrogens with zero attached hydrogens (tertiary/aromatic N) is 1. The van der Waals surface area contributed by atoms with Gasteiger partial charge in [0.2, 0.25) is 11.8 Å². The summed E-state index contributed by atoms with van der Waals surface area (Å²) in [6, 6.07) is 1.84. The van der Waals surface area contributed by atoms with E-state index in [2.05, 4.69) is 10.9 Å². The van der Waals surface area contributed by atoms with E-state index in [1.807, 2.05) is 19.9 Å². The smallest absolute Gasteiger partial charge is 0.279 e. The summed E-state index contributed by atoms with van der Waals surface area (Å²) < 4.78 is 0. The molecule has 0 spiro atoms. The van der Waals surface area contributed by atoms with Crippen LogP contribution in [-0.2, 0) is 16.0 Å². The van der Waals surface area contributed by atoms with Crippen LogP contribution in [0.3, 0.4) is 0 Å². The van der Waals surface area contributed by atoms with Crippen LogP contribution in [0.2, 0.25) is 0 Å². The first-order valence-corrected chi connectivity index (χ1v) is 8.69. The van der Waals surface area contributed by atoms with Crippen LogP contribution in [-0.4, -0.2) is 35.7 Å². The van der Waals surface area contributed by atoms with Crippen molar-refractivity contribution < 1.29 is 14.4 Å². The van der Waals surface area contributed by atoms with E-state index in [0.717, 1.165) is 24.8 Å². The molecule has 0 unspecified atom stereocenters. The van der Waals surface area contributed by atoms with E-state index in [1.165, 1.54) is 23.1 Å². The molecule has 6 nitrogen and oxygen atoms in total. The van der Waals surface area contributed by atoms with Gasteiger partial charge >= 0.3 is 0 Å². The Morgan fingerprint density at radius 3 is 2.70 bits per heavy atom. The number of hydrogen-bond donors (Lipinski definition) is 2. The molecule has 0 aliphatic carbocycles. The van der Waals surface area contributed by atoms with Crippen LogP contribution in [0.5, 0.6) is 0 Å². The van der Waals surface area contributed by atoms with E-state index in [4.69, 9.17) is 0 Å². The number of nitrogens with one attached hydrogen (secondary N) is 2. The van der Waals surface area contributed by atoms with Gasteiger partial charge in [-0.1, -0.05) is 6.92 Å². The number of thiophene rings is 1. The Morgan fingerprint density at radius 2 is 2.09 bits per heavy atom. The Labute approximate surface area is 140 Å². The van der Waals surface area contributed by atoms with Crippen LogP contribution in [0.15, 0.2) is 6.07 Å². The van der Waals surface area contributed by atoms with Crippen molar-refractivity contribution in [3.63, 3.8) is 0 Å². The van der Waals surface area contributed by atoms with Gasteiger partial charge in [0.1, 0.15) is 0 Å². The van der Waals surface area contributed by atoms with Gasteiger partial charge in [-0.25, -0.2) is 0 Å². The van der Waals surface area contributed by atoms with Crippen molar-refractivity contribution in [1.82, 2.24) is 15.8 Å². The Balaban J connectivity index is 1.88. The highest BCUT2D eigenvalue weighted by Crippen LogP contribution is 2.22. The summed E-state index contributed by atoms with van der Waals surface area (Å²) in [4.78, 5) is 39.1. The van der Waals surface area contributed by atoms with E-state index in [9.17, 15) is 14.4 Å². The van der Waals surface area contributed by atoms with Gasteiger partial charge in [-0.3, -0.25) is 25.2 Å². The average molecular weight is 337 g/mol. The fourth-order valence-corrected chi connectivity index (χ4v) is 3.75. The first-order valence-electron chi connectivity index (χ1n) is 7.87. The number of rotatable bonds is 3. The molecule has 1 aliphatic rings. The molecule has 1 aromatic heterocycles. The van der Waals surface area contributed by atoms with E-state index in [0.29, 0.717) is 18.0 Å². The van der Waals surface area contributed by atoms with Crippen molar-refractivity contribution in [2.24, 2.45) is 5.92 Å². The molecule has 1 aliphatic heterocycles. The van der Waals surface area contributed by atoms with Crippen molar-refractivity contribution in [3.8, 4) is 0 Å². The largest absolute Gasteiger partial charge is 0.342 e. The molecule has 7 heteroatoms. The standard InChI is InChI=1S/C16H23N3O3S/c1-4-13-10(2)8-14(23-13)16(22)18-17-15(21)12-6-5-7-19(9-12)11(3)20/h8,12H,4-7,9H2,1-3H3,(H,17,21)(H,18,22)/t12-/m1/s1. The first-order chi connectivity index (χ1) is 10.9. The summed E-state index contributed by atoms with van der Waals surface area (Å²) in [6.45, 7) is 6.64. The minimum absolute atomic E-state index is 0.0207. The highest BCUT2D eigenvalue weighted by atomic mass is 32.1. The molecule has 0 radical (unpaired) electrons. The minimum Gasteiger partial charge on any atom is -0.342 e. The van der Waals surface area contributed by atoms with E-state index < -0.39 is 0 Å². The van der Waals surface area contributed by atoms with Gasteiger partial charge in [0.15, 0.2) is 0 Å². The van der Waals surface area contributed by atoms with Crippen molar-refractivity contribution >= 4 is 29.1 Å². The Kier molecular flexibility index (Phi) is 5.76. The first kappa shape index (κ1) is 17.5. The maximum atomic E-state index is 12.2. The second-order valence-electron chi connectivity index (χ2n) is 5.82. The zero-order valence-electron chi connectivity index (χ0n) is 13.8. The van der Waals surface area contributed by atoms with Crippen LogP contribution in [0, 0.1) is 12.8 Å².